The summed E-state index contributed by atoms with van der Waals surface area (Å²) in [7, 11) is 1.93. The van der Waals surface area contributed by atoms with Crippen LogP contribution in [0.5, 0.6) is 0 Å². The van der Waals surface area contributed by atoms with Crippen molar-refractivity contribution in [3.8, 4) is 0 Å². The Kier molecular flexibility index (Phi) is 4.40. The molecule has 2 aliphatic rings. The Morgan fingerprint density at radius 1 is 1.32 bits per heavy atom. The summed E-state index contributed by atoms with van der Waals surface area (Å²) in [5.41, 5.74) is 0.687. The molecule has 120 valence electrons. The summed E-state index contributed by atoms with van der Waals surface area (Å²) in [6, 6.07) is 3.72. The van der Waals surface area contributed by atoms with Gasteiger partial charge in [-0.2, -0.15) is 0 Å². The molecule has 3 atom stereocenters. The number of likely N-dealkylation sites (tertiary alicyclic amines) is 1. The summed E-state index contributed by atoms with van der Waals surface area (Å²) in [6.45, 7) is 1.88. The van der Waals surface area contributed by atoms with Crippen molar-refractivity contribution in [2.75, 3.05) is 26.8 Å². The third-order valence-electron chi connectivity index (χ3n) is 4.56. The molecule has 3 rings (SSSR count). The van der Waals surface area contributed by atoms with Gasteiger partial charge in [0.1, 0.15) is 0 Å². The fourth-order valence-electron chi connectivity index (χ4n) is 3.32. The number of hydrogen-bond acceptors (Lipinski definition) is 3. The van der Waals surface area contributed by atoms with E-state index in [1.54, 1.807) is 6.07 Å². The maximum atomic E-state index is 13.5. The fourth-order valence-corrected chi connectivity index (χ4v) is 3.32. The van der Waals surface area contributed by atoms with E-state index in [0.29, 0.717) is 18.8 Å². The van der Waals surface area contributed by atoms with Crippen LogP contribution in [0.15, 0.2) is 18.2 Å². The maximum absolute atomic E-state index is 13.5. The monoisotopic (exact) mass is 310 g/mol. The molecule has 0 aliphatic carbocycles. The SMILES string of the molecule is CN1CC[C@H](NC(=O)[C@H]2CCOC2)[C@@H]1c1ccc(F)c(F)c1. The molecule has 2 aliphatic heterocycles. The summed E-state index contributed by atoms with van der Waals surface area (Å²) >= 11 is 0. The fraction of sp³-hybridized carbons (Fsp3) is 0.562. The van der Waals surface area contributed by atoms with E-state index >= 15 is 0 Å². The Morgan fingerprint density at radius 3 is 2.82 bits per heavy atom. The number of rotatable bonds is 3. The lowest BCUT2D eigenvalue weighted by Crippen LogP contribution is -2.42. The normalized spacial score (nSPS) is 29.0. The lowest BCUT2D eigenvalue weighted by molar-refractivity contribution is -0.125. The summed E-state index contributed by atoms with van der Waals surface area (Å²) in [5.74, 6) is -1.82. The predicted octanol–water partition coefficient (Wildman–Crippen LogP) is 1.86. The number of nitrogens with one attached hydrogen (secondary N) is 1. The minimum Gasteiger partial charge on any atom is -0.381 e. The lowest BCUT2D eigenvalue weighted by atomic mass is 9.98. The number of halogens is 2. The van der Waals surface area contributed by atoms with Crippen LogP contribution >= 0.6 is 0 Å². The molecule has 0 aromatic heterocycles. The molecule has 0 unspecified atom stereocenters. The molecule has 1 N–H and O–H groups in total. The highest BCUT2D eigenvalue weighted by Gasteiger charge is 2.36. The predicted molar refractivity (Wildman–Crippen MR) is 77.2 cm³/mol. The summed E-state index contributed by atoms with van der Waals surface area (Å²) < 4.78 is 31.9. The van der Waals surface area contributed by atoms with Crippen molar-refractivity contribution in [1.82, 2.24) is 10.2 Å². The molecule has 0 bridgehead atoms. The van der Waals surface area contributed by atoms with Gasteiger partial charge in [0.2, 0.25) is 5.91 Å². The Hall–Kier alpha value is -1.53. The number of benzene rings is 1. The van der Waals surface area contributed by atoms with E-state index in [-0.39, 0.29) is 23.9 Å². The molecule has 2 saturated heterocycles. The van der Waals surface area contributed by atoms with Crippen LogP contribution in [0, 0.1) is 17.6 Å². The van der Waals surface area contributed by atoms with Crippen molar-refractivity contribution in [2.45, 2.75) is 24.9 Å². The van der Waals surface area contributed by atoms with Crippen molar-refractivity contribution in [3.05, 3.63) is 35.4 Å². The van der Waals surface area contributed by atoms with Crippen LogP contribution in [0.1, 0.15) is 24.4 Å². The number of nitrogens with zero attached hydrogens (tertiary/aromatic N) is 1. The zero-order chi connectivity index (χ0) is 15.7. The molecular formula is C16H20F2N2O2. The smallest absolute Gasteiger partial charge is 0.225 e. The van der Waals surface area contributed by atoms with Crippen LogP contribution in [0.3, 0.4) is 0 Å². The van der Waals surface area contributed by atoms with E-state index in [4.69, 9.17) is 4.74 Å². The van der Waals surface area contributed by atoms with Crippen LogP contribution in [0.25, 0.3) is 0 Å². The molecular weight excluding hydrogens is 290 g/mol. The summed E-state index contributed by atoms with van der Waals surface area (Å²) in [5, 5.41) is 3.06. The molecule has 1 aromatic carbocycles. The number of likely N-dealkylation sites (N-methyl/N-ethyl adjacent to an activating group) is 1. The second-order valence-corrected chi connectivity index (χ2v) is 6.06. The second-order valence-electron chi connectivity index (χ2n) is 6.06. The first kappa shape index (κ1) is 15.4. The quantitative estimate of drug-likeness (QED) is 0.926. The van der Waals surface area contributed by atoms with E-state index < -0.39 is 11.6 Å². The van der Waals surface area contributed by atoms with Gasteiger partial charge in [0.25, 0.3) is 0 Å². The van der Waals surface area contributed by atoms with E-state index in [9.17, 15) is 13.6 Å². The van der Waals surface area contributed by atoms with Crippen molar-refractivity contribution in [1.29, 1.82) is 0 Å². The molecule has 0 saturated carbocycles. The Bertz CT molecular complexity index is 561. The van der Waals surface area contributed by atoms with Crippen LogP contribution < -0.4 is 5.32 Å². The first-order chi connectivity index (χ1) is 10.6. The Labute approximate surface area is 128 Å². The van der Waals surface area contributed by atoms with Gasteiger partial charge in [-0.1, -0.05) is 6.07 Å². The molecule has 6 heteroatoms. The minimum atomic E-state index is -0.855. The minimum absolute atomic E-state index is 0.00890. The highest BCUT2D eigenvalue weighted by molar-refractivity contribution is 5.79. The average Bonchev–Trinajstić information content (AvgIpc) is 3.13. The van der Waals surface area contributed by atoms with Gasteiger partial charge in [-0.25, -0.2) is 8.78 Å². The molecule has 4 nitrogen and oxygen atoms in total. The standard InChI is InChI=1S/C16H20F2N2O2/c1-20-6-4-14(19-16(21)11-5-7-22-9-11)15(20)10-2-3-12(17)13(18)8-10/h2-3,8,11,14-15H,4-7,9H2,1H3,(H,19,21)/t11-,14-,15-/m0/s1. The van der Waals surface area contributed by atoms with Crippen molar-refractivity contribution < 1.29 is 18.3 Å². The van der Waals surface area contributed by atoms with Gasteiger partial charge in [-0.15, -0.1) is 0 Å². The van der Waals surface area contributed by atoms with Gasteiger partial charge in [0, 0.05) is 19.2 Å². The topological polar surface area (TPSA) is 41.6 Å². The third kappa shape index (κ3) is 2.98. The zero-order valence-corrected chi connectivity index (χ0v) is 12.5. The van der Waals surface area contributed by atoms with Crippen molar-refractivity contribution >= 4 is 5.91 Å². The van der Waals surface area contributed by atoms with E-state index in [1.807, 2.05) is 7.05 Å². The Balaban J connectivity index is 1.75. The highest BCUT2D eigenvalue weighted by Crippen LogP contribution is 2.32. The Morgan fingerprint density at radius 2 is 2.14 bits per heavy atom. The number of ether oxygens (including phenoxy) is 1. The van der Waals surface area contributed by atoms with Gasteiger partial charge < -0.3 is 10.1 Å². The second kappa shape index (κ2) is 6.30. The molecule has 2 fully saturated rings. The van der Waals surface area contributed by atoms with E-state index in [2.05, 4.69) is 10.2 Å². The van der Waals surface area contributed by atoms with E-state index in [1.165, 1.54) is 6.07 Å². The van der Waals surface area contributed by atoms with Crippen LogP contribution in [0.2, 0.25) is 0 Å². The molecule has 1 aromatic rings. The van der Waals surface area contributed by atoms with Gasteiger partial charge >= 0.3 is 0 Å². The number of carbonyl (C=O) groups is 1. The molecule has 0 radical (unpaired) electrons. The summed E-state index contributed by atoms with van der Waals surface area (Å²) in [6.07, 6.45) is 1.53. The van der Waals surface area contributed by atoms with Crippen molar-refractivity contribution in [2.24, 2.45) is 5.92 Å². The maximum Gasteiger partial charge on any atom is 0.225 e. The number of hydrogen-bond donors (Lipinski definition) is 1. The zero-order valence-electron chi connectivity index (χ0n) is 12.5. The van der Waals surface area contributed by atoms with Crippen LogP contribution in [-0.4, -0.2) is 43.7 Å². The average molecular weight is 310 g/mol. The van der Waals surface area contributed by atoms with Crippen molar-refractivity contribution in [3.63, 3.8) is 0 Å². The number of amides is 1. The molecule has 22 heavy (non-hydrogen) atoms. The van der Waals surface area contributed by atoms with Crippen LogP contribution in [-0.2, 0) is 9.53 Å². The first-order valence-electron chi connectivity index (χ1n) is 7.59. The first-order valence-corrected chi connectivity index (χ1v) is 7.59. The van der Waals surface area contributed by atoms with E-state index in [0.717, 1.165) is 25.5 Å². The van der Waals surface area contributed by atoms with Gasteiger partial charge in [-0.05, 0) is 37.6 Å². The molecule has 2 heterocycles. The van der Waals surface area contributed by atoms with Gasteiger partial charge in [0.15, 0.2) is 11.6 Å². The molecule has 1 amide bonds. The van der Waals surface area contributed by atoms with Gasteiger partial charge in [0.05, 0.1) is 18.6 Å². The highest BCUT2D eigenvalue weighted by atomic mass is 19.2. The number of carbonyl (C=O) groups excluding carboxylic acids is 1. The summed E-state index contributed by atoms with van der Waals surface area (Å²) in [4.78, 5) is 14.3. The van der Waals surface area contributed by atoms with Gasteiger partial charge in [-0.3, -0.25) is 9.69 Å². The lowest BCUT2D eigenvalue weighted by Gasteiger charge is -2.27. The molecule has 0 spiro atoms. The third-order valence-corrected chi connectivity index (χ3v) is 4.56. The largest absolute Gasteiger partial charge is 0.381 e. The van der Waals surface area contributed by atoms with Crippen LogP contribution in [0.4, 0.5) is 8.78 Å².